The molecule has 1 atom stereocenters. The molecule has 0 spiro atoms. The second-order valence-electron chi connectivity index (χ2n) is 10.8. The van der Waals surface area contributed by atoms with Crippen molar-refractivity contribution >= 4 is 42.6 Å². The third kappa shape index (κ3) is 5.59. The summed E-state index contributed by atoms with van der Waals surface area (Å²) in [5, 5.41) is 20.9. The third-order valence-electron chi connectivity index (χ3n) is 6.49. The van der Waals surface area contributed by atoms with Gasteiger partial charge in [0.2, 0.25) is 5.82 Å². The predicted octanol–water partition coefficient (Wildman–Crippen LogP) is 4.03. The zero-order valence-corrected chi connectivity index (χ0v) is 22.5. The number of aromatic nitrogens is 4. The van der Waals surface area contributed by atoms with Crippen molar-refractivity contribution in [2.45, 2.75) is 51.4 Å². The molecule has 0 bridgehead atoms. The number of carbonyl (C=O) groups is 2. The lowest BCUT2D eigenvalue weighted by atomic mass is 10.1. The van der Waals surface area contributed by atoms with Gasteiger partial charge < -0.3 is 20.2 Å². The fourth-order valence-electron chi connectivity index (χ4n) is 4.35. The highest BCUT2D eigenvalue weighted by molar-refractivity contribution is 6.83. The summed E-state index contributed by atoms with van der Waals surface area (Å²) in [6, 6.07) is 7.38. The van der Waals surface area contributed by atoms with Gasteiger partial charge in [-0.15, -0.1) is 5.54 Å². The fourth-order valence-corrected chi connectivity index (χ4v) is 4.87. The molecule has 3 N–H and O–H groups in total. The number of benzene rings is 1. The molecule has 5 rings (SSSR count). The number of hydrogen-bond donors (Lipinski definition) is 3. The minimum atomic E-state index is -1.56. The van der Waals surface area contributed by atoms with Gasteiger partial charge in [0.1, 0.15) is 13.9 Å². The number of nitrogens with one attached hydrogen (secondary N) is 2. The van der Waals surface area contributed by atoms with Crippen LogP contribution in [0.15, 0.2) is 24.3 Å². The maximum absolute atomic E-state index is 13.4. The Labute approximate surface area is 216 Å². The van der Waals surface area contributed by atoms with Crippen molar-refractivity contribution in [2.75, 3.05) is 25.0 Å². The molecule has 11 heteroatoms. The van der Waals surface area contributed by atoms with E-state index in [2.05, 4.69) is 56.6 Å². The van der Waals surface area contributed by atoms with Gasteiger partial charge in [-0.2, -0.15) is 5.10 Å². The summed E-state index contributed by atoms with van der Waals surface area (Å²) in [5.74, 6) is 4.65. The Bertz CT molecular complexity index is 1430. The highest BCUT2D eigenvalue weighted by Crippen LogP contribution is 2.39. The van der Waals surface area contributed by atoms with Crippen LogP contribution in [0.5, 0.6) is 0 Å². The first kappa shape index (κ1) is 24.8. The van der Waals surface area contributed by atoms with Crippen LogP contribution < -0.4 is 5.32 Å². The molecule has 2 aromatic heterocycles. The van der Waals surface area contributed by atoms with E-state index in [0.717, 1.165) is 29.5 Å². The fraction of sp³-hybridized carbons (Fsp3) is 0.423. The van der Waals surface area contributed by atoms with Gasteiger partial charge in [-0.05, 0) is 38.0 Å². The lowest BCUT2D eigenvalue weighted by molar-refractivity contribution is 0.0497. The summed E-state index contributed by atoms with van der Waals surface area (Å²) >= 11 is 0. The summed E-state index contributed by atoms with van der Waals surface area (Å²) < 4.78 is 0. The number of carboxylic acid groups (broad SMARTS) is 1. The minimum absolute atomic E-state index is 0.0601. The molecule has 10 nitrogen and oxygen atoms in total. The van der Waals surface area contributed by atoms with Crippen LogP contribution in [-0.2, 0) is 0 Å². The molecule has 1 saturated heterocycles. The molecule has 1 saturated carbocycles. The van der Waals surface area contributed by atoms with Gasteiger partial charge in [0, 0.05) is 54.3 Å². The molecule has 2 amide bonds. The van der Waals surface area contributed by atoms with E-state index in [0.29, 0.717) is 23.1 Å². The normalized spacial score (nSPS) is 17.9. The molecule has 1 unspecified atom stereocenters. The largest absolute Gasteiger partial charge is 0.465 e. The third-order valence-corrected chi connectivity index (χ3v) is 7.37. The van der Waals surface area contributed by atoms with E-state index in [-0.39, 0.29) is 37.4 Å². The van der Waals surface area contributed by atoms with E-state index in [1.165, 1.54) is 4.90 Å². The number of aromatic amines is 1. The molecule has 2 fully saturated rings. The van der Waals surface area contributed by atoms with Crippen molar-refractivity contribution in [1.82, 2.24) is 30.0 Å². The summed E-state index contributed by atoms with van der Waals surface area (Å²) in [6.07, 6.45) is 1.33. The Balaban J connectivity index is 1.50. The van der Waals surface area contributed by atoms with Gasteiger partial charge in [0.05, 0.1) is 5.52 Å². The summed E-state index contributed by atoms with van der Waals surface area (Å²) in [7, 11) is -1.56. The number of fused-ring (bicyclic) bond motifs is 1. The van der Waals surface area contributed by atoms with Crippen LogP contribution in [0.25, 0.3) is 10.9 Å². The van der Waals surface area contributed by atoms with Gasteiger partial charge in [-0.1, -0.05) is 25.6 Å². The SMILES string of the molecule is CC1CN(C(=O)c2nc(Nc3cc(C4CC4)[nH]n3)c3cc(C#C[Si](C)(C)C)ccc3n2)CCN1C(=O)O. The number of hydrogen-bond acceptors (Lipinski definition) is 6. The number of rotatable bonds is 4. The van der Waals surface area contributed by atoms with Crippen LogP contribution in [0.4, 0.5) is 16.4 Å². The summed E-state index contributed by atoms with van der Waals surface area (Å²) in [5.41, 5.74) is 5.95. The lowest BCUT2D eigenvalue weighted by Crippen LogP contribution is -2.55. The smallest absolute Gasteiger partial charge is 0.407 e. The lowest BCUT2D eigenvalue weighted by Gasteiger charge is -2.37. The van der Waals surface area contributed by atoms with Crippen molar-refractivity contribution in [1.29, 1.82) is 0 Å². The summed E-state index contributed by atoms with van der Waals surface area (Å²) in [4.78, 5) is 37.0. The van der Waals surface area contributed by atoms with E-state index in [1.807, 2.05) is 24.3 Å². The van der Waals surface area contributed by atoms with Crippen LogP contribution in [0.2, 0.25) is 19.6 Å². The predicted molar refractivity (Wildman–Crippen MR) is 144 cm³/mol. The number of piperazine rings is 1. The van der Waals surface area contributed by atoms with E-state index in [4.69, 9.17) is 0 Å². The van der Waals surface area contributed by atoms with Crippen LogP contribution in [-0.4, -0.2) is 80.8 Å². The molecule has 3 aromatic rings. The second-order valence-corrected chi connectivity index (χ2v) is 15.6. The maximum atomic E-state index is 13.4. The average molecular weight is 518 g/mol. The first-order valence-electron chi connectivity index (χ1n) is 12.5. The van der Waals surface area contributed by atoms with Gasteiger partial charge in [0.15, 0.2) is 5.82 Å². The Morgan fingerprint density at radius 1 is 1.16 bits per heavy atom. The highest BCUT2D eigenvalue weighted by atomic mass is 28.3. The molecule has 1 aliphatic heterocycles. The van der Waals surface area contributed by atoms with Crippen LogP contribution >= 0.6 is 0 Å². The highest BCUT2D eigenvalue weighted by Gasteiger charge is 2.31. The van der Waals surface area contributed by atoms with Gasteiger partial charge in [0.25, 0.3) is 5.91 Å². The Hall–Kier alpha value is -3.91. The number of anilines is 2. The molecule has 3 heterocycles. The average Bonchev–Trinajstić information content (AvgIpc) is 3.60. The number of nitrogens with zero attached hydrogens (tertiary/aromatic N) is 5. The Morgan fingerprint density at radius 2 is 1.95 bits per heavy atom. The van der Waals surface area contributed by atoms with E-state index in [9.17, 15) is 14.7 Å². The number of H-pyrrole nitrogens is 1. The van der Waals surface area contributed by atoms with Gasteiger partial charge >= 0.3 is 6.09 Å². The number of carbonyl (C=O) groups excluding carboxylic acids is 1. The van der Waals surface area contributed by atoms with Crippen LogP contribution in [0, 0.1) is 11.5 Å². The van der Waals surface area contributed by atoms with Gasteiger partial charge in [-0.3, -0.25) is 9.89 Å². The second kappa shape index (κ2) is 9.52. The zero-order chi connectivity index (χ0) is 26.3. The molecule has 2 aliphatic rings. The molecular weight excluding hydrogens is 486 g/mol. The van der Waals surface area contributed by atoms with Crippen molar-refractivity contribution in [3.63, 3.8) is 0 Å². The topological polar surface area (TPSA) is 127 Å². The zero-order valence-electron chi connectivity index (χ0n) is 21.5. The Kier molecular flexibility index (Phi) is 6.37. The van der Waals surface area contributed by atoms with E-state index in [1.54, 1.807) is 11.8 Å². The molecule has 0 radical (unpaired) electrons. The first-order chi connectivity index (χ1) is 17.6. The summed E-state index contributed by atoms with van der Waals surface area (Å²) in [6.45, 7) is 9.19. The molecule has 37 heavy (non-hydrogen) atoms. The van der Waals surface area contributed by atoms with E-state index < -0.39 is 14.2 Å². The van der Waals surface area contributed by atoms with Crippen LogP contribution in [0.3, 0.4) is 0 Å². The van der Waals surface area contributed by atoms with E-state index >= 15 is 0 Å². The van der Waals surface area contributed by atoms with Gasteiger partial charge in [-0.25, -0.2) is 14.8 Å². The van der Waals surface area contributed by atoms with Crippen molar-refractivity contribution in [3.8, 4) is 11.5 Å². The number of amides is 2. The first-order valence-corrected chi connectivity index (χ1v) is 16.0. The Morgan fingerprint density at radius 3 is 2.62 bits per heavy atom. The van der Waals surface area contributed by atoms with Crippen LogP contribution in [0.1, 0.15) is 47.6 Å². The molecular formula is C26H31N7O3Si. The van der Waals surface area contributed by atoms with Crippen molar-refractivity contribution in [3.05, 3.63) is 41.3 Å². The molecule has 1 aromatic carbocycles. The molecule has 192 valence electrons. The maximum Gasteiger partial charge on any atom is 0.407 e. The quantitative estimate of drug-likeness (QED) is 0.352. The van der Waals surface area contributed by atoms with Crippen molar-refractivity contribution in [2.24, 2.45) is 0 Å². The monoisotopic (exact) mass is 517 g/mol. The molecule has 1 aliphatic carbocycles. The van der Waals surface area contributed by atoms with Crippen molar-refractivity contribution < 1.29 is 14.7 Å². The minimum Gasteiger partial charge on any atom is -0.465 e. The standard InChI is InChI=1S/C26H31N7O3Si/c1-16-15-32(10-11-33(16)26(35)36)25(34)24-27-20-8-5-17(9-12-37(2,3)4)13-19(20)23(29-24)28-22-14-21(30-31-22)18-6-7-18/h5,8,13-14,16,18H,6-7,10-11,15H2,1-4H3,(H,35,36)(H2,27,28,29,30,31).